The van der Waals surface area contributed by atoms with Crippen LogP contribution in [0.4, 0.5) is 0 Å². The van der Waals surface area contributed by atoms with Crippen LogP contribution in [0, 0.1) is 5.92 Å². The van der Waals surface area contributed by atoms with Crippen molar-refractivity contribution in [3.8, 4) is 0 Å². The fourth-order valence-electron chi connectivity index (χ4n) is 2.29. The molecule has 1 heterocycles. The van der Waals surface area contributed by atoms with E-state index >= 15 is 0 Å². The lowest BCUT2D eigenvalue weighted by molar-refractivity contribution is -0.149. The third-order valence-corrected chi connectivity index (χ3v) is 3.50. The van der Waals surface area contributed by atoms with Crippen LogP contribution in [0.1, 0.15) is 39.5 Å². The van der Waals surface area contributed by atoms with Crippen LogP contribution in [0.2, 0.25) is 0 Å². The number of esters is 1. The Kier molecular flexibility index (Phi) is 4.40. The van der Waals surface area contributed by atoms with Crippen LogP contribution >= 0.6 is 0 Å². The molecule has 1 saturated carbocycles. The van der Waals surface area contributed by atoms with Crippen molar-refractivity contribution >= 4 is 5.97 Å². The summed E-state index contributed by atoms with van der Waals surface area (Å²) in [4.78, 5) is 11.9. The van der Waals surface area contributed by atoms with Crippen molar-refractivity contribution < 1.29 is 14.3 Å². The van der Waals surface area contributed by atoms with Crippen LogP contribution in [-0.2, 0) is 14.3 Å². The van der Waals surface area contributed by atoms with Gasteiger partial charge < -0.3 is 14.8 Å². The summed E-state index contributed by atoms with van der Waals surface area (Å²) >= 11 is 0. The van der Waals surface area contributed by atoms with Crippen molar-refractivity contribution in [1.29, 1.82) is 0 Å². The highest BCUT2D eigenvalue weighted by atomic mass is 16.5. The van der Waals surface area contributed by atoms with Gasteiger partial charge in [-0.3, -0.25) is 4.79 Å². The van der Waals surface area contributed by atoms with Gasteiger partial charge in [0.2, 0.25) is 0 Å². The molecule has 17 heavy (non-hydrogen) atoms. The molecule has 0 bridgehead atoms. The molecule has 0 aromatic heterocycles. The Bertz CT molecular complexity index is 265. The molecule has 2 fully saturated rings. The minimum atomic E-state index is -0.277. The van der Waals surface area contributed by atoms with E-state index in [9.17, 15) is 4.79 Å². The van der Waals surface area contributed by atoms with Crippen LogP contribution in [0.3, 0.4) is 0 Å². The maximum Gasteiger partial charge on any atom is 0.325 e. The molecular formula is C13H23NO3. The van der Waals surface area contributed by atoms with Crippen LogP contribution in [0.5, 0.6) is 0 Å². The number of hydrogen-bond donors (Lipinski definition) is 1. The molecular weight excluding hydrogens is 218 g/mol. The Morgan fingerprint density at radius 2 is 2.18 bits per heavy atom. The fraction of sp³-hybridized carbons (Fsp3) is 0.923. The molecule has 0 aromatic rings. The second-order valence-electron chi connectivity index (χ2n) is 5.14. The second-order valence-corrected chi connectivity index (χ2v) is 5.14. The van der Waals surface area contributed by atoms with Gasteiger partial charge in [-0.15, -0.1) is 0 Å². The van der Waals surface area contributed by atoms with Gasteiger partial charge in [0.15, 0.2) is 0 Å². The number of carbonyl (C=O) groups excluding carboxylic acids is 1. The van der Waals surface area contributed by atoms with E-state index in [-0.39, 0.29) is 24.2 Å². The van der Waals surface area contributed by atoms with E-state index in [0.29, 0.717) is 6.61 Å². The predicted octanol–water partition coefficient (Wildman–Crippen LogP) is 1.49. The van der Waals surface area contributed by atoms with Crippen molar-refractivity contribution in [2.24, 2.45) is 5.92 Å². The number of carbonyl (C=O) groups is 1. The fourth-order valence-corrected chi connectivity index (χ4v) is 2.29. The standard InChI is InChI=1S/C13H23NO3/c1-3-16-13(15)12(14-8-10-5-6-10)11-7-4-9(2)17-11/h9-12,14H,3-8H2,1-2H3. The predicted molar refractivity (Wildman–Crippen MR) is 64.7 cm³/mol. The maximum absolute atomic E-state index is 11.9. The quantitative estimate of drug-likeness (QED) is 0.716. The minimum absolute atomic E-state index is 0.0113. The highest BCUT2D eigenvalue weighted by molar-refractivity contribution is 5.76. The maximum atomic E-state index is 11.9. The van der Waals surface area contributed by atoms with Crippen molar-refractivity contribution in [3.05, 3.63) is 0 Å². The molecule has 0 radical (unpaired) electrons. The topological polar surface area (TPSA) is 47.6 Å². The van der Waals surface area contributed by atoms with Gasteiger partial charge in [-0.2, -0.15) is 0 Å². The summed E-state index contributed by atoms with van der Waals surface area (Å²) in [5.41, 5.74) is 0. The Morgan fingerprint density at radius 1 is 1.41 bits per heavy atom. The molecule has 1 saturated heterocycles. The van der Waals surface area contributed by atoms with E-state index in [4.69, 9.17) is 9.47 Å². The van der Waals surface area contributed by atoms with E-state index in [0.717, 1.165) is 25.3 Å². The highest BCUT2D eigenvalue weighted by Gasteiger charge is 2.36. The summed E-state index contributed by atoms with van der Waals surface area (Å²) in [7, 11) is 0. The monoisotopic (exact) mass is 241 g/mol. The number of hydrogen-bond acceptors (Lipinski definition) is 4. The van der Waals surface area contributed by atoms with Gasteiger partial charge in [-0.25, -0.2) is 0 Å². The van der Waals surface area contributed by atoms with Gasteiger partial charge >= 0.3 is 5.97 Å². The average Bonchev–Trinajstić information content (AvgIpc) is 3.02. The van der Waals surface area contributed by atoms with Gasteiger partial charge in [0.25, 0.3) is 0 Å². The summed E-state index contributed by atoms with van der Waals surface area (Å²) in [5.74, 6) is 0.595. The third kappa shape index (κ3) is 3.68. The first-order valence-corrected chi connectivity index (χ1v) is 6.76. The Labute approximate surface area is 103 Å². The molecule has 0 aromatic carbocycles. The molecule has 0 spiro atoms. The smallest absolute Gasteiger partial charge is 0.325 e. The molecule has 2 rings (SSSR count). The molecule has 1 aliphatic carbocycles. The lowest BCUT2D eigenvalue weighted by Crippen LogP contribution is -2.47. The molecule has 4 heteroatoms. The zero-order valence-corrected chi connectivity index (χ0v) is 10.8. The van der Waals surface area contributed by atoms with Crippen LogP contribution in [0.15, 0.2) is 0 Å². The molecule has 98 valence electrons. The number of ether oxygens (including phenoxy) is 2. The van der Waals surface area contributed by atoms with Gasteiger partial charge in [0.1, 0.15) is 6.04 Å². The Hall–Kier alpha value is -0.610. The van der Waals surface area contributed by atoms with Crippen molar-refractivity contribution in [1.82, 2.24) is 5.32 Å². The van der Waals surface area contributed by atoms with Gasteiger partial charge in [-0.1, -0.05) is 0 Å². The molecule has 1 aliphatic heterocycles. The zero-order chi connectivity index (χ0) is 12.3. The molecule has 1 N–H and O–H groups in total. The van der Waals surface area contributed by atoms with E-state index in [2.05, 4.69) is 12.2 Å². The Morgan fingerprint density at radius 3 is 2.71 bits per heavy atom. The van der Waals surface area contributed by atoms with Crippen molar-refractivity contribution in [2.75, 3.05) is 13.2 Å². The van der Waals surface area contributed by atoms with Crippen LogP contribution < -0.4 is 5.32 Å². The minimum Gasteiger partial charge on any atom is -0.465 e. The second kappa shape index (κ2) is 5.83. The summed E-state index contributed by atoms with van der Waals surface area (Å²) in [6.45, 7) is 5.25. The zero-order valence-electron chi connectivity index (χ0n) is 10.8. The molecule has 3 unspecified atom stereocenters. The normalized spacial score (nSPS) is 30.2. The molecule has 2 aliphatic rings. The first kappa shape index (κ1) is 12.8. The first-order valence-electron chi connectivity index (χ1n) is 6.76. The lowest BCUT2D eigenvalue weighted by atomic mass is 10.1. The average molecular weight is 241 g/mol. The van der Waals surface area contributed by atoms with Gasteiger partial charge in [0.05, 0.1) is 18.8 Å². The van der Waals surface area contributed by atoms with Gasteiger partial charge in [-0.05, 0) is 52.0 Å². The van der Waals surface area contributed by atoms with E-state index < -0.39 is 0 Å². The van der Waals surface area contributed by atoms with E-state index in [1.165, 1.54) is 12.8 Å². The highest BCUT2D eigenvalue weighted by Crippen LogP contribution is 2.29. The van der Waals surface area contributed by atoms with Crippen LogP contribution in [0.25, 0.3) is 0 Å². The van der Waals surface area contributed by atoms with E-state index in [1.807, 2.05) is 6.92 Å². The molecule has 3 atom stereocenters. The van der Waals surface area contributed by atoms with Crippen molar-refractivity contribution in [2.45, 2.75) is 57.8 Å². The first-order chi connectivity index (χ1) is 8.20. The Balaban J connectivity index is 1.87. The number of nitrogens with one attached hydrogen (secondary N) is 1. The lowest BCUT2D eigenvalue weighted by Gasteiger charge is -2.23. The molecule has 0 amide bonds. The largest absolute Gasteiger partial charge is 0.465 e. The summed E-state index contributed by atoms with van der Waals surface area (Å²) in [5, 5.41) is 3.33. The van der Waals surface area contributed by atoms with Crippen LogP contribution in [-0.4, -0.2) is 37.4 Å². The summed E-state index contributed by atoms with van der Waals surface area (Å²) in [6, 6.07) is -0.277. The summed E-state index contributed by atoms with van der Waals surface area (Å²) in [6.07, 6.45) is 4.80. The SMILES string of the molecule is CCOC(=O)C(NCC1CC1)C1CCC(C)O1. The van der Waals surface area contributed by atoms with Gasteiger partial charge in [0, 0.05) is 0 Å². The number of rotatable bonds is 6. The third-order valence-electron chi connectivity index (χ3n) is 3.50. The summed E-state index contributed by atoms with van der Waals surface area (Å²) < 4.78 is 10.9. The molecule has 4 nitrogen and oxygen atoms in total. The van der Waals surface area contributed by atoms with E-state index in [1.54, 1.807) is 0 Å². The van der Waals surface area contributed by atoms with Crippen molar-refractivity contribution in [3.63, 3.8) is 0 Å².